The van der Waals surface area contributed by atoms with E-state index in [1.54, 1.807) is 18.9 Å². The molecule has 0 bridgehead atoms. The smallest absolute Gasteiger partial charge is 0.195 e. The molecular weight excluding hydrogens is 393 g/mol. The van der Waals surface area contributed by atoms with Crippen LogP contribution in [-0.2, 0) is 6.54 Å². The van der Waals surface area contributed by atoms with Gasteiger partial charge in [-0.05, 0) is 38.1 Å². The van der Waals surface area contributed by atoms with Crippen LogP contribution in [0.5, 0.6) is 5.75 Å². The molecule has 0 spiro atoms. The van der Waals surface area contributed by atoms with E-state index in [-0.39, 0.29) is 24.8 Å². The number of hydrogen-bond acceptors (Lipinski definition) is 6. The second-order valence-electron chi connectivity index (χ2n) is 5.88. The maximum absolute atomic E-state index is 5.86. The Kier molecular flexibility index (Phi) is 9.74. The normalized spacial score (nSPS) is 16.8. The molecule has 1 saturated heterocycles. The minimum Gasteiger partial charge on any atom is -0.497 e. The van der Waals surface area contributed by atoms with E-state index in [0.29, 0.717) is 12.6 Å². The highest BCUT2D eigenvalue weighted by atomic mass is 35.5. The Labute approximate surface area is 171 Å². The molecule has 0 radical (unpaired) electrons. The van der Waals surface area contributed by atoms with Crippen LogP contribution in [0.3, 0.4) is 0 Å². The number of thioether (sulfide) groups is 1. The lowest BCUT2D eigenvalue weighted by Crippen LogP contribution is -2.31. The van der Waals surface area contributed by atoms with E-state index in [0.717, 1.165) is 34.7 Å². The average Bonchev–Trinajstić information content (AvgIpc) is 3.25. The summed E-state index contributed by atoms with van der Waals surface area (Å²) < 4.78 is 7.38. The number of likely N-dealkylation sites (tertiary alicyclic amines) is 1. The molecule has 1 aromatic carbocycles. The first-order chi connectivity index (χ1) is 11.8. The van der Waals surface area contributed by atoms with Gasteiger partial charge in [-0.25, -0.2) is 0 Å². The highest BCUT2D eigenvalue weighted by Gasteiger charge is 2.24. The fourth-order valence-corrected chi connectivity index (χ4v) is 4.36. The summed E-state index contributed by atoms with van der Waals surface area (Å²) in [5, 5.41) is 9.53. The van der Waals surface area contributed by atoms with Crippen LogP contribution < -0.4 is 10.5 Å². The molecule has 2 N–H and O–H groups in total. The Morgan fingerprint density at radius 1 is 1.31 bits per heavy atom. The zero-order valence-electron chi connectivity index (χ0n) is 15.1. The largest absolute Gasteiger partial charge is 0.497 e. The van der Waals surface area contributed by atoms with Gasteiger partial charge in [0.05, 0.1) is 19.3 Å². The van der Waals surface area contributed by atoms with Crippen LogP contribution in [0.4, 0.5) is 0 Å². The molecule has 2 heterocycles. The van der Waals surface area contributed by atoms with Gasteiger partial charge in [-0.1, -0.05) is 24.8 Å². The molecule has 26 heavy (non-hydrogen) atoms. The maximum atomic E-state index is 5.86. The Balaban J connectivity index is 0.00000169. The number of aromatic nitrogens is 3. The van der Waals surface area contributed by atoms with Gasteiger partial charge in [-0.3, -0.25) is 9.47 Å². The zero-order chi connectivity index (χ0) is 16.9. The number of rotatable bonds is 7. The summed E-state index contributed by atoms with van der Waals surface area (Å²) in [7, 11) is 1.67. The second-order valence-corrected chi connectivity index (χ2v) is 6.86. The number of hydrogen-bond donors (Lipinski definition) is 1. The van der Waals surface area contributed by atoms with Gasteiger partial charge in [-0.15, -0.1) is 35.0 Å². The monoisotopic (exact) mass is 419 g/mol. The van der Waals surface area contributed by atoms with Crippen molar-refractivity contribution in [1.29, 1.82) is 0 Å². The first kappa shape index (κ1) is 23.0. The van der Waals surface area contributed by atoms with E-state index in [9.17, 15) is 0 Å². The van der Waals surface area contributed by atoms with Crippen LogP contribution in [0.25, 0.3) is 5.69 Å². The van der Waals surface area contributed by atoms with Crippen LogP contribution in [0.2, 0.25) is 0 Å². The van der Waals surface area contributed by atoms with Crippen LogP contribution >= 0.6 is 36.6 Å². The van der Waals surface area contributed by atoms with E-state index >= 15 is 0 Å². The molecule has 0 aliphatic carbocycles. The summed E-state index contributed by atoms with van der Waals surface area (Å²) in [5.74, 6) is 2.61. The highest BCUT2D eigenvalue weighted by Crippen LogP contribution is 2.28. The Morgan fingerprint density at radius 2 is 2.12 bits per heavy atom. The molecule has 9 heteroatoms. The minimum absolute atomic E-state index is 0. The van der Waals surface area contributed by atoms with Crippen LogP contribution in [0.15, 0.2) is 29.4 Å². The third-order valence-electron chi connectivity index (χ3n) is 4.50. The summed E-state index contributed by atoms with van der Waals surface area (Å²) in [6, 6.07) is 8.54. The molecule has 3 rings (SSSR count). The number of nitrogens with two attached hydrogens (primary N) is 1. The topological polar surface area (TPSA) is 69.2 Å². The van der Waals surface area contributed by atoms with Crippen molar-refractivity contribution in [3.63, 3.8) is 0 Å². The minimum atomic E-state index is 0. The van der Waals surface area contributed by atoms with E-state index in [2.05, 4.69) is 22.0 Å². The second kappa shape index (κ2) is 11.0. The molecule has 146 valence electrons. The fraction of sp³-hybridized carbons (Fsp3) is 0.529. The molecular formula is C17H27Cl2N5OS. The molecule has 1 fully saturated rings. The molecule has 0 amide bonds. The molecule has 0 saturated carbocycles. The highest BCUT2D eigenvalue weighted by molar-refractivity contribution is 7.99. The molecule has 1 aliphatic rings. The lowest BCUT2D eigenvalue weighted by atomic mass is 10.2. The van der Waals surface area contributed by atoms with E-state index in [1.165, 1.54) is 19.4 Å². The summed E-state index contributed by atoms with van der Waals surface area (Å²) in [6.07, 6.45) is 2.55. The first-order valence-corrected chi connectivity index (χ1v) is 9.41. The first-order valence-electron chi connectivity index (χ1n) is 8.42. The maximum Gasteiger partial charge on any atom is 0.195 e. The lowest BCUT2D eigenvalue weighted by Gasteiger charge is -2.22. The molecule has 1 atom stereocenters. The Hall–Kier alpha value is -0.990. The van der Waals surface area contributed by atoms with Crippen molar-refractivity contribution in [3.05, 3.63) is 30.1 Å². The van der Waals surface area contributed by atoms with Crippen molar-refractivity contribution in [3.8, 4) is 11.4 Å². The molecule has 1 aromatic heterocycles. The molecule has 1 unspecified atom stereocenters. The van der Waals surface area contributed by atoms with Crippen molar-refractivity contribution in [2.45, 2.75) is 37.5 Å². The third kappa shape index (κ3) is 5.04. The van der Waals surface area contributed by atoms with Crippen molar-refractivity contribution in [2.24, 2.45) is 5.73 Å². The van der Waals surface area contributed by atoms with Crippen LogP contribution in [0.1, 0.15) is 25.6 Å². The summed E-state index contributed by atoms with van der Waals surface area (Å²) in [4.78, 5) is 2.54. The van der Waals surface area contributed by atoms with Gasteiger partial charge in [0.15, 0.2) is 11.0 Å². The van der Waals surface area contributed by atoms with Crippen molar-refractivity contribution in [1.82, 2.24) is 19.7 Å². The van der Waals surface area contributed by atoms with Crippen molar-refractivity contribution in [2.75, 3.05) is 26.0 Å². The lowest BCUT2D eigenvalue weighted by molar-refractivity contribution is 0.287. The molecule has 2 aromatic rings. The predicted molar refractivity (Wildman–Crippen MR) is 111 cm³/mol. The Bertz CT molecular complexity index is 685. The van der Waals surface area contributed by atoms with E-state index in [1.807, 2.05) is 28.8 Å². The quantitative estimate of drug-likeness (QED) is 0.694. The number of ether oxygens (including phenoxy) is 1. The van der Waals surface area contributed by atoms with Gasteiger partial charge < -0.3 is 10.5 Å². The molecule has 1 aliphatic heterocycles. The van der Waals surface area contributed by atoms with Gasteiger partial charge >= 0.3 is 0 Å². The van der Waals surface area contributed by atoms with Gasteiger partial charge in [0.25, 0.3) is 0 Å². The summed E-state index contributed by atoms with van der Waals surface area (Å²) in [6.45, 7) is 4.91. The van der Waals surface area contributed by atoms with Crippen molar-refractivity contribution < 1.29 is 4.74 Å². The number of benzene rings is 1. The average molecular weight is 420 g/mol. The molecule has 6 nitrogen and oxygen atoms in total. The van der Waals surface area contributed by atoms with Gasteiger partial charge in [-0.2, -0.15) is 0 Å². The van der Waals surface area contributed by atoms with Crippen LogP contribution in [-0.4, -0.2) is 51.7 Å². The van der Waals surface area contributed by atoms with Gasteiger partial charge in [0.2, 0.25) is 0 Å². The Morgan fingerprint density at radius 3 is 2.81 bits per heavy atom. The standard InChI is InChI=1S/C17H25N5OS.2ClH/c1-3-21-9-5-7-14(21)12-24-17-20-19-16(11-18)22(17)13-6-4-8-15(10-13)23-2;;/h4,6,8,10,14H,3,5,7,9,11-12,18H2,1-2H3;2*1H. The van der Waals surface area contributed by atoms with Gasteiger partial charge in [0.1, 0.15) is 5.75 Å². The number of nitrogens with zero attached hydrogens (tertiary/aromatic N) is 4. The van der Waals surface area contributed by atoms with Crippen LogP contribution in [0, 0.1) is 0 Å². The number of halogens is 2. The van der Waals surface area contributed by atoms with Gasteiger partial charge in [0, 0.05) is 17.9 Å². The predicted octanol–water partition coefficient (Wildman–Crippen LogP) is 3.15. The van der Waals surface area contributed by atoms with E-state index < -0.39 is 0 Å². The zero-order valence-corrected chi connectivity index (χ0v) is 17.6. The summed E-state index contributed by atoms with van der Waals surface area (Å²) in [5.41, 5.74) is 6.85. The third-order valence-corrected chi connectivity index (χ3v) is 5.58. The fourth-order valence-electron chi connectivity index (χ4n) is 3.21. The summed E-state index contributed by atoms with van der Waals surface area (Å²) >= 11 is 1.76. The van der Waals surface area contributed by atoms with Crippen molar-refractivity contribution >= 4 is 36.6 Å². The SMILES string of the molecule is CCN1CCCC1CSc1nnc(CN)n1-c1cccc(OC)c1.Cl.Cl. The number of methoxy groups -OCH3 is 1. The van der Waals surface area contributed by atoms with E-state index in [4.69, 9.17) is 10.5 Å².